The molecule has 0 N–H and O–H groups in total. The first kappa shape index (κ1) is 26.4. The average molecular weight is 567 g/mol. The van der Waals surface area contributed by atoms with Gasteiger partial charge in [0.1, 0.15) is 23.0 Å². The van der Waals surface area contributed by atoms with Crippen LogP contribution >= 0.6 is 35.8 Å². The standard InChI is InChI=1S/C29H24ClFN2O3S2/c1-17(2)21-14-19(31)10-11-24(21)36-26-9-5-8-25(32-26)29(18-12-13-38-16-18)15-23(34)27(28(35)33(29)37)20-6-3-4-7-22(20)30/h3-14,16-17,27,37H,15H2,1-2H3. The number of rotatable bonds is 6. The van der Waals surface area contributed by atoms with Crippen LogP contribution < -0.4 is 4.74 Å². The molecule has 0 saturated carbocycles. The summed E-state index contributed by atoms with van der Waals surface area (Å²) in [6.07, 6.45) is -0.0564. The second-order valence-corrected chi connectivity index (χ2v) is 11.0. The number of ketones is 1. The van der Waals surface area contributed by atoms with Gasteiger partial charge in [-0.2, -0.15) is 11.3 Å². The molecule has 4 aromatic rings. The Morgan fingerprint density at radius 2 is 1.92 bits per heavy atom. The number of thiol groups is 1. The first-order valence-corrected chi connectivity index (χ1v) is 13.7. The Balaban J connectivity index is 1.59. The smallest absolute Gasteiger partial charge is 0.248 e. The van der Waals surface area contributed by atoms with Gasteiger partial charge >= 0.3 is 0 Å². The molecule has 5 nitrogen and oxygen atoms in total. The van der Waals surface area contributed by atoms with E-state index < -0.39 is 17.4 Å². The maximum atomic E-state index is 13.9. The van der Waals surface area contributed by atoms with E-state index >= 15 is 0 Å². The van der Waals surface area contributed by atoms with Crippen LogP contribution in [0.3, 0.4) is 0 Å². The lowest BCUT2D eigenvalue weighted by Gasteiger charge is -2.45. The molecule has 1 aliphatic rings. The first-order valence-electron chi connectivity index (χ1n) is 12.0. The zero-order valence-corrected chi connectivity index (χ0v) is 23.1. The number of carbonyl (C=O) groups is 2. The van der Waals surface area contributed by atoms with Gasteiger partial charge in [0.2, 0.25) is 11.8 Å². The molecule has 0 aliphatic carbocycles. The Morgan fingerprint density at radius 3 is 2.63 bits per heavy atom. The molecule has 1 saturated heterocycles. The van der Waals surface area contributed by atoms with Crippen LogP contribution in [0, 0.1) is 5.82 Å². The number of Topliss-reactive ketones (excluding diaryl/α,β-unsaturated/α-hetero) is 1. The van der Waals surface area contributed by atoms with E-state index in [-0.39, 0.29) is 29.8 Å². The van der Waals surface area contributed by atoms with Gasteiger partial charge in [-0.1, -0.05) is 62.5 Å². The SMILES string of the molecule is CC(C)c1cc(F)ccc1Oc1cccc(C2(c3ccsc3)CC(=O)C(c3ccccc3Cl)C(=O)N2S)n1. The van der Waals surface area contributed by atoms with E-state index in [1.807, 2.05) is 30.7 Å². The molecular formula is C29H24ClFN2O3S2. The number of halogens is 2. The number of thiophene rings is 1. The van der Waals surface area contributed by atoms with E-state index in [1.54, 1.807) is 48.5 Å². The normalized spacial score (nSPS) is 19.7. The summed E-state index contributed by atoms with van der Waals surface area (Å²) < 4.78 is 21.3. The van der Waals surface area contributed by atoms with Gasteiger partial charge in [0.05, 0.1) is 5.69 Å². The summed E-state index contributed by atoms with van der Waals surface area (Å²) in [4.78, 5) is 32.2. The summed E-state index contributed by atoms with van der Waals surface area (Å²) in [7, 11) is 0. The van der Waals surface area contributed by atoms with Gasteiger partial charge in [-0.05, 0) is 64.2 Å². The van der Waals surface area contributed by atoms with E-state index in [0.29, 0.717) is 33.2 Å². The van der Waals surface area contributed by atoms with Crippen LogP contribution in [0.1, 0.15) is 54.5 Å². The Kier molecular flexibility index (Phi) is 7.31. The van der Waals surface area contributed by atoms with Crippen molar-refractivity contribution in [2.75, 3.05) is 0 Å². The number of ether oxygens (including phenoxy) is 1. The monoisotopic (exact) mass is 566 g/mol. The molecule has 1 aliphatic heterocycles. The third kappa shape index (κ3) is 4.61. The first-order chi connectivity index (χ1) is 18.2. The highest BCUT2D eigenvalue weighted by atomic mass is 35.5. The van der Waals surface area contributed by atoms with Gasteiger partial charge in [0, 0.05) is 23.1 Å². The number of aromatic nitrogens is 1. The summed E-state index contributed by atoms with van der Waals surface area (Å²) >= 11 is 12.5. The number of benzene rings is 2. The van der Waals surface area contributed by atoms with Gasteiger partial charge in [-0.3, -0.25) is 13.9 Å². The van der Waals surface area contributed by atoms with Gasteiger partial charge < -0.3 is 4.74 Å². The van der Waals surface area contributed by atoms with Crippen molar-refractivity contribution in [3.63, 3.8) is 0 Å². The van der Waals surface area contributed by atoms with Crippen LogP contribution in [0.25, 0.3) is 0 Å². The zero-order valence-electron chi connectivity index (χ0n) is 20.6. The molecule has 38 heavy (non-hydrogen) atoms. The fourth-order valence-electron chi connectivity index (χ4n) is 4.84. The molecule has 0 bridgehead atoms. The molecule has 0 spiro atoms. The van der Waals surface area contributed by atoms with E-state index in [9.17, 15) is 14.0 Å². The Bertz CT molecular complexity index is 1510. The minimum Gasteiger partial charge on any atom is -0.439 e. The molecular weight excluding hydrogens is 543 g/mol. The predicted molar refractivity (Wildman–Crippen MR) is 150 cm³/mol. The van der Waals surface area contributed by atoms with Crippen molar-refractivity contribution in [2.45, 2.75) is 37.6 Å². The second kappa shape index (κ2) is 10.5. The van der Waals surface area contributed by atoms with Crippen molar-refractivity contribution in [3.8, 4) is 11.6 Å². The zero-order chi connectivity index (χ0) is 27.0. The Morgan fingerprint density at radius 1 is 1.13 bits per heavy atom. The molecule has 1 amide bonds. The number of hydrogen-bond donors (Lipinski definition) is 1. The van der Waals surface area contributed by atoms with Gasteiger partial charge in [0.25, 0.3) is 0 Å². The number of hydrogen-bond acceptors (Lipinski definition) is 6. The van der Waals surface area contributed by atoms with Crippen molar-refractivity contribution in [1.82, 2.24) is 9.29 Å². The highest BCUT2D eigenvalue weighted by Crippen LogP contribution is 2.48. The van der Waals surface area contributed by atoms with Crippen molar-refractivity contribution < 1.29 is 18.7 Å². The predicted octanol–water partition coefficient (Wildman–Crippen LogP) is 7.52. The van der Waals surface area contributed by atoms with Crippen molar-refractivity contribution in [1.29, 1.82) is 0 Å². The van der Waals surface area contributed by atoms with Crippen LogP contribution in [0.15, 0.2) is 77.5 Å². The van der Waals surface area contributed by atoms with Gasteiger partial charge in [-0.25, -0.2) is 9.37 Å². The molecule has 2 unspecified atom stereocenters. The maximum Gasteiger partial charge on any atom is 0.248 e. The topological polar surface area (TPSA) is 59.5 Å². The average Bonchev–Trinajstić information content (AvgIpc) is 3.44. The third-order valence-corrected chi connectivity index (χ3v) is 8.31. The highest BCUT2D eigenvalue weighted by molar-refractivity contribution is 7.78. The summed E-state index contributed by atoms with van der Waals surface area (Å²) in [6, 6.07) is 18.2. The van der Waals surface area contributed by atoms with Crippen LogP contribution in [-0.4, -0.2) is 21.0 Å². The molecule has 3 heterocycles. The van der Waals surface area contributed by atoms with E-state index in [1.165, 1.54) is 27.8 Å². The number of carbonyl (C=O) groups excluding carboxylic acids is 2. The summed E-state index contributed by atoms with van der Waals surface area (Å²) in [6.45, 7) is 3.90. The molecule has 2 aromatic heterocycles. The van der Waals surface area contributed by atoms with Crippen LogP contribution in [0.4, 0.5) is 4.39 Å². The molecule has 194 valence electrons. The molecule has 1 fully saturated rings. The summed E-state index contributed by atoms with van der Waals surface area (Å²) in [5.74, 6) is -1.44. The Hall–Kier alpha value is -3.20. The van der Waals surface area contributed by atoms with Crippen molar-refractivity contribution in [3.05, 3.63) is 111 Å². The van der Waals surface area contributed by atoms with Crippen molar-refractivity contribution >= 4 is 47.4 Å². The van der Waals surface area contributed by atoms with Crippen LogP contribution in [-0.2, 0) is 15.1 Å². The Labute approximate surface area is 234 Å². The fourth-order valence-corrected chi connectivity index (χ4v) is 6.21. The summed E-state index contributed by atoms with van der Waals surface area (Å²) in [5.41, 5.74) is 1.02. The lowest BCUT2D eigenvalue weighted by Crippen LogP contribution is -2.54. The van der Waals surface area contributed by atoms with E-state index in [0.717, 1.165) is 0 Å². The largest absolute Gasteiger partial charge is 0.439 e. The number of piperidine rings is 1. The van der Waals surface area contributed by atoms with E-state index in [2.05, 4.69) is 12.8 Å². The highest BCUT2D eigenvalue weighted by Gasteiger charge is 2.53. The van der Waals surface area contributed by atoms with E-state index in [4.69, 9.17) is 21.3 Å². The van der Waals surface area contributed by atoms with Crippen LogP contribution in [0.5, 0.6) is 11.6 Å². The van der Waals surface area contributed by atoms with Gasteiger partial charge in [-0.15, -0.1) is 0 Å². The summed E-state index contributed by atoms with van der Waals surface area (Å²) in [5, 5.41) is 4.10. The molecule has 2 atom stereocenters. The van der Waals surface area contributed by atoms with Crippen molar-refractivity contribution in [2.24, 2.45) is 0 Å². The maximum absolute atomic E-state index is 13.9. The minimum absolute atomic E-state index is 0.0179. The van der Waals surface area contributed by atoms with Gasteiger partial charge in [0.15, 0.2) is 5.78 Å². The fraction of sp³-hybridized carbons (Fsp3) is 0.207. The molecule has 9 heteroatoms. The minimum atomic E-state index is -1.27. The quantitative estimate of drug-likeness (QED) is 0.194. The molecule has 0 radical (unpaired) electrons. The van der Waals surface area contributed by atoms with Crippen LogP contribution in [0.2, 0.25) is 5.02 Å². The lowest BCUT2D eigenvalue weighted by molar-refractivity contribution is -0.142. The second-order valence-electron chi connectivity index (χ2n) is 9.42. The molecule has 2 aromatic carbocycles. The third-order valence-electron chi connectivity index (χ3n) is 6.74. The number of pyridine rings is 1. The lowest BCUT2D eigenvalue weighted by atomic mass is 9.75. The number of nitrogens with zero attached hydrogens (tertiary/aromatic N) is 2. The number of amides is 1. The molecule has 5 rings (SSSR count).